The van der Waals surface area contributed by atoms with Gasteiger partial charge in [-0.3, -0.25) is 4.55 Å². The summed E-state index contributed by atoms with van der Waals surface area (Å²) in [5.74, 6) is -1.80. The van der Waals surface area contributed by atoms with E-state index in [2.05, 4.69) is 15.1 Å². The standard InChI is InChI=1S/C20H27N5O6S2/c1-13-19-20(22-18-8-6-5-7-17(18)21-19)24(23-13)14(2)31-33(29,30)12-16-10-25(3,4)9-15(16)11-32(26,27)28/h5-8,14-16H,9-12H2,1-4H3/p+1/t14-,15+,16-/m0/s1. The number of para-hydroxylation sites is 2. The summed E-state index contributed by atoms with van der Waals surface area (Å²) in [6.45, 7) is 4.23. The van der Waals surface area contributed by atoms with Gasteiger partial charge < -0.3 is 4.48 Å². The van der Waals surface area contributed by atoms with Crippen LogP contribution in [0.3, 0.4) is 0 Å². The van der Waals surface area contributed by atoms with Gasteiger partial charge in [0.1, 0.15) is 5.52 Å². The van der Waals surface area contributed by atoms with E-state index in [0.717, 1.165) is 0 Å². The molecule has 0 unspecified atom stereocenters. The minimum absolute atomic E-state index is 0.355. The van der Waals surface area contributed by atoms with Crippen LogP contribution < -0.4 is 0 Å². The highest BCUT2D eigenvalue weighted by Gasteiger charge is 2.44. The summed E-state index contributed by atoms with van der Waals surface area (Å²) in [6.07, 6.45) is -0.981. The van der Waals surface area contributed by atoms with Gasteiger partial charge in [-0.05, 0) is 26.0 Å². The van der Waals surface area contributed by atoms with Crippen molar-refractivity contribution in [3.05, 3.63) is 30.0 Å². The lowest BCUT2D eigenvalue weighted by Gasteiger charge is -2.23. The first kappa shape index (κ1) is 24.0. The summed E-state index contributed by atoms with van der Waals surface area (Å²) in [4.78, 5) is 9.18. The molecule has 2 aromatic heterocycles. The van der Waals surface area contributed by atoms with Crippen LogP contribution in [0.15, 0.2) is 24.3 Å². The molecule has 1 saturated heterocycles. The van der Waals surface area contributed by atoms with Crippen LogP contribution in [0.4, 0.5) is 0 Å². The van der Waals surface area contributed by atoms with Crippen molar-refractivity contribution in [3.8, 4) is 0 Å². The Bertz CT molecular complexity index is 1420. The van der Waals surface area contributed by atoms with Crippen molar-refractivity contribution in [1.29, 1.82) is 0 Å². The fourth-order valence-electron chi connectivity index (χ4n) is 4.75. The Morgan fingerprint density at radius 2 is 1.67 bits per heavy atom. The van der Waals surface area contributed by atoms with Gasteiger partial charge in [-0.15, -0.1) is 0 Å². The average Bonchev–Trinajstić information content (AvgIpc) is 3.13. The molecule has 0 aliphatic carbocycles. The predicted molar refractivity (Wildman–Crippen MR) is 122 cm³/mol. The Morgan fingerprint density at radius 1 is 1.09 bits per heavy atom. The van der Waals surface area contributed by atoms with Gasteiger partial charge in [0.2, 0.25) is 0 Å². The van der Waals surface area contributed by atoms with Crippen molar-refractivity contribution in [2.45, 2.75) is 20.1 Å². The molecule has 3 heterocycles. The van der Waals surface area contributed by atoms with Crippen molar-refractivity contribution in [3.63, 3.8) is 0 Å². The second kappa shape index (κ2) is 8.24. The third kappa shape index (κ3) is 5.32. The minimum atomic E-state index is -4.23. The summed E-state index contributed by atoms with van der Waals surface area (Å²) in [6, 6.07) is 7.35. The molecule has 33 heavy (non-hydrogen) atoms. The lowest BCUT2D eigenvalue weighted by atomic mass is 10.0. The number of rotatable bonds is 7. The number of benzene rings is 1. The van der Waals surface area contributed by atoms with Gasteiger partial charge in [-0.25, -0.2) is 18.8 Å². The fourth-order valence-corrected chi connectivity index (χ4v) is 7.15. The number of fused-ring (bicyclic) bond motifs is 2. The van der Waals surface area contributed by atoms with Crippen molar-refractivity contribution in [2.75, 3.05) is 38.7 Å². The maximum absolute atomic E-state index is 12.9. The van der Waals surface area contributed by atoms with Gasteiger partial charge in [0.15, 0.2) is 11.9 Å². The second-order valence-corrected chi connectivity index (χ2v) is 12.5. The first-order valence-electron chi connectivity index (χ1n) is 10.5. The molecule has 0 amide bonds. The normalized spacial score (nSPS) is 22.2. The van der Waals surface area contributed by atoms with E-state index in [0.29, 0.717) is 45.5 Å². The molecule has 1 aliphatic heterocycles. The zero-order valence-electron chi connectivity index (χ0n) is 18.9. The van der Waals surface area contributed by atoms with Crippen LogP contribution in [-0.2, 0) is 24.4 Å². The highest BCUT2D eigenvalue weighted by molar-refractivity contribution is 7.86. The van der Waals surface area contributed by atoms with Crippen LogP contribution in [0.25, 0.3) is 22.2 Å². The van der Waals surface area contributed by atoms with E-state index in [4.69, 9.17) is 4.18 Å². The molecular formula is C20H28N5O6S2+. The van der Waals surface area contributed by atoms with Gasteiger partial charge in [0.05, 0.1) is 55.4 Å². The Kier molecular flexibility index (Phi) is 5.98. The molecule has 0 radical (unpaired) electrons. The average molecular weight is 499 g/mol. The highest BCUT2D eigenvalue weighted by Crippen LogP contribution is 2.31. The number of aromatic nitrogens is 4. The molecule has 4 rings (SSSR count). The van der Waals surface area contributed by atoms with Crippen molar-refractivity contribution in [1.82, 2.24) is 19.7 Å². The molecule has 13 heteroatoms. The van der Waals surface area contributed by atoms with Gasteiger partial charge in [0.25, 0.3) is 20.2 Å². The maximum Gasteiger partial charge on any atom is 0.269 e. The summed E-state index contributed by atoms with van der Waals surface area (Å²) >= 11 is 0. The Hall–Kier alpha value is -2.19. The number of likely N-dealkylation sites (tertiary alicyclic amines) is 1. The molecule has 0 bridgehead atoms. The SMILES string of the molecule is Cc1nn([C@H](C)OS(=O)(=O)C[C@@H]2C[N+](C)(C)C[C@@H]2CS(=O)(=O)O)c2nc3ccccc3nc12. The lowest BCUT2D eigenvalue weighted by Crippen LogP contribution is -2.37. The zero-order valence-corrected chi connectivity index (χ0v) is 20.5. The van der Waals surface area contributed by atoms with Crippen LogP contribution in [0.1, 0.15) is 18.8 Å². The molecule has 0 saturated carbocycles. The van der Waals surface area contributed by atoms with Crippen molar-refractivity contribution < 1.29 is 30.1 Å². The fraction of sp³-hybridized carbons (Fsp3) is 0.550. The topological polar surface area (TPSA) is 141 Å². The smallest absolute Gasteiger partial charge is 0.269 e. The van der Waals surface area contributed by atoms with Crippen LogP contribution in [-0.4, -0.2) is 84.3 Å². The molecule has 1 fully saturated rings. The number of nitrogens with zero attached hydrogens (tertiary/aromatic N) is 5. The summed E-state index contributed by atoms with van der Waals surface area (Å²) in [7, 11) is -4.48. The van der Waals surface area contributed by atoms with Gasteiger partial charge >= 0.3 is 0 Å². The number of aryl methyl sites for hydroxylation is 1. The van der Waals surface area contributed by atoms with Crippen LogP contribution in [0, 0.1) is 18.8 Å². The Morgan fingerprint density at radius 3 is 2.27 bits per heavy atom. The quantitative estimate of drug-likeness (QED) is 0.290. The van der Waals surface area contributed by atoms with Crippen LogP contribution in [0.5, 0.6) is 0 Å². The largest absolute Gasteiger partial charge is 0.328 e. The molecule has 1 aliphatic rings. The number of quaternary nitrogens is 1. The van der Waals surface area contributed by atoms with Crippen LogP contribution >= 0.6 is 0 Å². The zero-order chi connectivity index (χ0) is 24.2. The van der Waals surface area contributed by atoms with E-state index >= 15 is 0 Å². The maximum atomic E-state index is 12.9. The molecule has 1 aromatic carbocycles. The molecule has 0 spiro atoms. The van der Waals surface area contributed by atoms with Gasteiger partial charge in [-0.1, -0.05) is 12.1 Å². The summed E-state index contributed by atoms with van der Waals surface area (Å²) < 4.78 is 65.3. The molecule has 11 nitrogen and oxygen atoms in total. The highest BCUT2D eigenvalue weighted by atomic mass is 32.2. The van der Waals surface area contributed by atoms with E-state index in [1.165, 1.54) is 4.68 Å². The summed E-state index contributed by atoms with van der Waals surface area (Å²) in [5.41, 5.74) is 2.93. The molecule has 1 N–H and O–H groups in total. The van der Waals surface area contributed by atoms with E-state index in [1.807, 2.05) is 38.4 Å². The first-order valence-corrected chi connectivity index (χ1v) is 13.7. The number of hydrogen-bond acceptors (Lipinski definition) is 8. The van der Waals surface area contributed by atoms with Gasteiger partial charge in [0, 0.05) is 11.8 Å². The third-order valence-electron chi connectivity index (χ3n) is 5.97. The third-order valence-corrected chi connectivity index (χ3v) is 8.22. The lowest BCUT2D eigenvalue weighted by molar-refractivity contribution is -0.880. The van der Waals surface area contributed by atoms with Gasteiger partial charge in [-0.2, -0.15) is 21.9 Å². The molecule has 180 valence electrons. The second-order valence-electron chi connectivity index (χ2n) is 9.40. The first-order chi connectivity index (χ1) is 15.2. The minimum Gasteiger partial charge on any atom is -0.328 e. The van der Waals surface area contributed by atoms with E-state index < -0.39 is 44.1 Å². The predicted octanol–water partition coefficient (Wildman–Crippen LogP) is 1.36. The van der Waals surface area contributed by atoms with Crippen molar-refractivity contribution >= 4 is 42.4 Å². The molecule has 3 aromatic rings. The summed E-state index contributed by atoms with van der Waals surface area (Å²) in [5, 5.41) is 4.40. The number of hydrogen-bond donors (Lipinski definition) is 1. The van der Waals surface area contributed by atoms with Crippen molar-refractivity contribution in [2.24, 2.45) is 11.8 Å². The molecular weight excluding hydrogens is 470 g/mol. The molecule has 3 atom stereocenters. The van der Waals surface area contributed by atoms with E-state index in [9.17, 15) is 21.4 Å². The van der Waals surface area contributed by atoms with E-state index in [1.54, 1.807) is 13.8 Å². The van der Waals surface area contributed by atoms with Crippen LogP contribution in [0.2, 0.25) is 0 Å². The Balaban J connectivity index is 1.58. The van der Waals surface area contributed by atoms with E-state index in [-0.39, 0.29) is 5.75 Å². The monoisotopic (exact) mass is 498 g/mol. The Labute approximate surface area is 192 Å².